The largest absolute Gasteiger partial charge is 0.400 e. The SMILES string of the molecule is CC(F)/C(N)=C/C(=N)c1nc(C2(c3ccc(Cl)cc3F)CC2)no1. The summed E-state index contributed by atoms with van der Waals surface area (Å²) in [5.41, 5.74) is 4.96. The predicted molar refractivity (Wildman–Crippen MR) is 85.4 cm³/mol. The van der Waals surface area contributed by atoms with Gasteiger partial charge in [0.15, 0.2) is 5.82 Å². The Morgan fingerprint density at radius 2 is 2.21 bits per heavy atom. The monoisotopic (exact) mass is 352 g/mol. The normalized spacial score (nSPS) is 17.6. The summed E-state index contributed by atoms with van der Waals surface area (Å²) < 4.78 is 32.3. The lowest BCUT2D eigenvalue weighted by atomic mass is 9.94. The number of aromatic nitrogens is 2. The second kappa shape index (κ2) is 5.98. The minimum Gasteiger partial charge on any atom is -0.400 e. The van der Waals surface area contributed by atoms with Crippen molar-refractivity contribution in [1.82, 2.24) is 10.1 Å². The van der Waals surface area contributed by atoms with Gasteiger partial charge in [-0.15, -0.1) is 0 Å². The molecule has 3 rings (SSSR count). The van der Waals surface area contributed by atoms with Gasteiger partial charge in [0.25, 0.3) is 5.89 Å². The van der Waals surface area contributed by atoms with Crippen LogP contribution >= 0.6 is 11.6 Å². The highest BCUT2D eigenvalue weighted by Gasteiger charge is 2.51. The van der Waals surface area contributed by atoms with Gasteiger partial charge in [-0.3, -0.25) is 5.41 Å². The molecule has 1 atom stereocenters. The maximum Gasteiger partial charge on any atom is 0.275 e. The molecule has 0 radical (unpaired) electrons. The Hall–Kier alpha value is -2.28. The van der Waals surface area contributed by atoms with Crippen molar-refractivity contribution in [2.24, 2.45) is 5.73 Å². The van der Waals surface area contributed by atoms with E-state index in [-0.39, 0.29) is 17.3 Å². The van der Waals surface area contributed by atoms with Crippen LogP contribution in [0.1, 0.15) is 37.0 Å². The minimum atomic E-state index is -1.38. The predicted octanol–water partition coefficient (Wildman–Crippen LogP) is 3.51. The third-order valence-electron chi connectivity index (χ3n) is 4.05. The molecule has 8 heteroatoms. The molecular formula is C16H15ClF2N4O. The van der Waals surface area contributed by atoms with Gasteiger partial charge in [-0.25, -0.2) is 8.78 Å². The van der Waals surface area contributed by atoms with Crippen molar-refractivity contribution in [3.63, 3.8) is 0 Å². The fourth-order valence-corrected chi connectivity index (χ4v) is 2.65. The average molecular weight is 353 g/mol. The summed E-state index contributed by atoms with van der Waals surface area (Å²) in [5, 5.41) is 12.0. The summed E-state index contributed by atoms with van der Waals surface area (Å²) in [5.74, 6) is -0.227. The Labute approximate surface area is 142 Å². The number of alkyl halides is 1. The van der Waals surface area contributed by atoms with Crippen molar-refractivity contribution >= 4 is 17.3 Å². The average Bonchev–Trinajstić information content (AvgIpc) is 3.15. The van der Waals surface area contributed by atoms with E-state index in [1.54, 1.807) is 12.1 Å². The lowest BCUT2D eigenvalue weighted by Crippen LogP contribution is -2.14. The van der Waals surface area contributed by atoms with Crippen LogP contribution in [0.25, 0.3) is 0 Å². The smallest absolute Gasteiger partial charge is 0.275 e. The molecule has 0 bridgehead atoms. The van der Waals surface area contributed by atoms with Crippen LogP contribution < -0.4 is 5.73 Å². The molecule has 1 unspecified atom stereocenters. The maximum absolute atomic E-state index is 14.2. The summed E-state index contributed by atoms with van der Waals surface area (Å²) in [4.78, 5) is 4.17. The first-order chi connectivity index (χ1) is 11.3. The van der Waals surface area contributed by atoms with Crippen molar-refractivity contribution in [2.45, 2.75) is 31.4 Å². The number of hydrogen-bond donors (Lipinski definition) is 2. The van der Waals surface area contributed by atoms with Gasteiger partial charge >= 0.3 is 0 Å². The number of hydrogen-bond acceptors (Lipinski definition) is 5. The molecule has 24 heavy (non-hydrogen) atoms. The van der Waals surface area contributed by atoms with E-state index in [0.29, 0.717) is 29.3 Å². The van der Waals surface area contributed by atoms with Crippen LogP contribution in [0.5, 0.6) is 0 Å². The van der Waals surface area contributed by atoms with Crippen molar-refractivity contribution < 1.29 is 13.3 Å². The molecule has 0 spiro atoms. The van der Waals surface area contributed by atoms with E-state index in [9.17, 15) is 8.78 Å². The first-order valence-corrected chi connectivity index (χ1v) is 7.71. The Bertz CT molecular complexity index is 827. The van der Waals surface area contributed by atoms with Crippen LogP contribution in [-0.2, 0) is 5.41 Å². The van der Waals surface area contributed by atoms with Crippen LogP contribution in [0.2, 0.25) is 5.02 Å². The van der Waals surface area contributed by atoms with Crippen LogP contribution in [0.15, 0.2) is 34.5 Å². The molecule has 1 fully saturated rings. The number of nitrogens with zero attached hydrogens (tertiary/aromatic N) is 2. The Morgan fingerprint density at radius 1 is 1.50 bits per heavy atom. The molecule has 1 saturated carbocycles. The summed E-state index contributed by atoms with van der Waals surface area (Å²) in [6.45, 7) is 1.26. The third kappa shape index (κ3) is 2.91. The number of rotatable bonds is 5. The number of benzene rings is 1. The highest BCUT2D eigenvalue weighted by atomic mass is 35.5. The van der Waals surface area contributed by atoms with E-state index >= 15 is 0 Å². The molecule has 0 saturated heterocycles. The first-order valence-electron chi connectivity index (χ1n) is 7.33. The van der Waals surface area contributed by atoms with Gasteiger partial charge in [-0.2, -0.15) is 4.98 Å². The van der Waals surface area contributed by atoms with E-state index < -0.39 is 17.4 Å². The van der Waals surface area contributed by atoms with Gasteiger partial charge in [0.1, 0.15) is 17.7 Å². The third-order valence-corrected chi connectivity index (χ3v) is 4.29. The summed E-state index contributed by atoms with van der Waals surface area (Å²) >= 11 is 5.79. The zero-order valence-electron chi connectivity index (χ0n) is 12.8. The van der Waals surface area contributed by atoms with Crippen molar-refractivity contribution in [1.29, 1.82) is 5.41 Å². The molecule has 1 aliphatic carbocycles. The quantitative estimate of drug-likeness (QED) is 0.806. The van der Waals surface area contributed by atoms with Crippen LogP contribution in [0.4, 0.5) is 8.78 Å². The van der Waals surface area contributed by atoms with Gasteiger partial charge in [-0.05, 0) is 38.0 Å². The highest BCUT2D eigenvalue weighted by molar-refractivity contribution is 6.30. The molecular weight excluding hydrogens is 338 g/mol. The van der Waals surface area contributed by atoms with Gasteiger partial charge in [0, 0.05) is 16.3 Å². The summed E-state index contributed by atoms with van der Waals surface area (Å²) in [7, 11) is 0. The molecule has 0 amide bonds. The number of allylic oxidation sites excluding steroid dienone is 2. The summed E-state index contributed by atoms with van der Waals surface area (Å²) in [6, 6.07) is 4.45. The number of nitrogens with one attached hydrogen (secondary N) is 1. The Balaban J connectivity index is 1.91. The first kappa shape index (κ1) is 16.6. The fourth-order valence-electron chi connectivity index (χ4n) is 2.49. The fraction of sp³-hybridized carbons (Fsp3) is 0.312. The van der Waals surface area contributed by atoms with E-state index in [2.05, 4.69) is 10.1 Å². The Kier molecular flexibility index (Phi) is 4.13. The van der Waals surface area contributed by atoms with Crippen molar-refractivity contribution in [3.05, 3.63) is 58.1 Å². The van der Waals surface area contributed by atoms with E-state index in [0.717, 1.165) is 6.08 Å². The molecule has 5 nitrogen and oxygen atoms in total. The maximum atomic E-state index is 14.2. The summed E-state index contributed by atoms with van der Waals surface area (Å²) in [6.07, 6.45) is 1.07. The number of halogens is 3. The minimum absolute atomic E-state index is 0.0887. The second-order valence-corrected chi connectivity index (χ2v) is 6.24. The molecule has 0 aliphatic heterocycles. The molecule has 1 aliphatic rings. The molecule has 1 aromatic heterocycles. The van der Waals surface area contributed by atoms with Gasteiger partial charge in [0.2, 0.25) is 0 Å². The Morgan fingerprint density at radius 3 is 2.79 bits per heavy atom. The molecule has 3 N–H and O–H groups in total. The lowest BCUT2D eigenvalue weighted by Gasteiger charge is -2.12. The second-order valence-electron chi connectivity index (χ2n) is 5.80. The molecule has 1 heterocycles. The lowest BCUT2D eigenvalue weighted by molar-refractivity contribution is 0.398. The van der Waals surface area contributed by atoms with Gasteiger partial charge < -0.3 is 10.3 Å². The standard InChI is InChI=1S/C16H15ClF2N4O/c1-8(18)12(20)7-13(21)14-22-15(23-24-14)16(4-5-16)10-3-2-9(17)6-11(10)19/h2-3,6-8,21H,4-5,20H2,1H3/b12-7-,21-13?. The topological polar surface area (TPSA) is 88.8 Å². The van der Waals surface area contributed by atoms with Crippen molar-refractivity contribution in [2.75, 3.05) is 0 Å². The van der Waals surface area contributed by atoms with Gasteiger partial charge in [-0.1, -0.05) is 22.8 Å². The van der Waals surface area contributed by atoms with E-state index in [1.165, 1.54) is 13.0 Å². The van der Waals surface area contributed by atoms with Crippen LogP contribution in [-0.4, -0.2) is 22.0 Å². The van der Waals surface area contributed by atoms with E-state index in [1.807, 2.05) is 0 Å². The van der Waals surface area contributed by atoms with Gasteiger partial charge in [0.05, 0.1) is 5.41 Å². The molecule has 2 aromatic rings. The van der Waals surface area contributed by atoms with E-state index in [4.69, 9.17) is 27.3 Å². The zero-order chi connectivity index (χ0) is 17.5. The number of nitrogens with two attached hydrogens (primary N) is 1. The van der Waals surface area contributed by atoms with Crippen LogP contribution in [0, 0.1) is 11.2 Å². The van der Waals surface area contributed by atoms with Crippen LogP contribution in [0.3, 0.4) is 0 Å². The molecule has 1 aromatic carbocycles. The highest BCUT2D eigenvalue weighted by Crippen LogP contribution is 2.53. The van der Waals surface area contributed by atoms with Crippen molar-refractivity contribution in [3.8, 4) is 0 Å². The zero-order valence-corrected chi connectivity index (χ0v) is 13.6. The molecule has 126 valence electrons.